The predicted molar refractivity (Wildman–Crippen MR) is 152 cm³/mol. The summed E-state index contributed by atoms with van der Waals surface area (Å²) in [5.74, 6) is 0.717. The second kappa shape index (κ2) is 10.9. The maximum atomic E-state index is 14.2. The van der Waals surface area contributed by atoms with Crippen LogP contribution in [0.5, 0.6) is 0 Å². The normalized spacial score (nSPS) is 29.7. The number of benzene rings is 2. The molecule has 6 atom stereocenters. The molecular formula is C31H35ClN4O2. The number of rotatable bonds is 4. The number of hydrogen-bond donors (Lipinski definition) is 3. The molecule has 0 aromatic heterocycles. The summed E-state index contributed by atoms with van der Waals surface area (Å²) in [6.45, 7) is 0.752. The van der Waals surface area contributed by atoms with Crippen LogP contribution < -0.4 is 16.0 Å². The number of anilines is 2. The molecule has 2 aromatic carbocycles. The maximum absolute atomic E-state index is 14.2. The summed E-state index contributed by atoms with van der Waals surface area (Å²) in [7, 11) is 0. The molecule has 38 heavy (non-hydrogen) atoms. The fraction of sp³-hybridized carbons (Fsp3) is 0.419. The molecule has 2 heterocycles. The van der Waals surface area contributed by atoms with Gasteiger partial charge in [-0.3, -0.25) is 4.79 Å². The standard InChI is InChI=1S/C31H35ClN4O2/c32-24-14-6-9-17-27(24)35-31(38)34-26-16-8-5-13-22(26)30(37)36-19-18-23-28(20-10-2-1-3-11-20)33-25-15-7-4-12-21(25)29(23)36/h1-4,6-7,9-10,12,14-15,17,20,22-23,26,28-29,33H,5,8,11,13,16,18-19H2,(H2,34,35,38)/t20?,22-,23+,26+,28-,29-/m0/s1. The molecule has 7 heteroatoms. The molecule has 2 aliphatic heterocycles. The van der Waals surface area contributed by atoms with E-state index in [1.54, 1.807) is 12.1 Å². The van der Waals surface area contributed by atoms with Crippen LogP contribution in [-0.2, 0) is 4.79 Å². The highest BCUT2D eigenvalue weighted by Crippen LogP contribution is 2.49. The van der Waals surface area contributed by atoms with Crippen molar-refractivity contribution in [1.29, 1.82) is 0 Å². The van der Waals surface area contributed by atoms with Crippen LogP contribution in [0.2, 0.25) is 5.02 Å². The summed E-state index contributed by atoms with van der Waals surface area (Å²) >= 11 is 6.23. The van der Waals surface area contributed by atoms with Crippen molar-refractivity contribution >= 4 is 34.9 Å². The molecule has 3 amide bonds. The lowest BCUT2D eigenvalue weighted by molar-refractivity contribution is -0.138. The van der Waals surface area contributed by atoms with Crippen molar-refractivity contribution in [2.75, 3.05) is 17.2 Å². The number of likely N-dealkylation sites (tertiary alicyclic amines) is 1. The quantitative estimate of drug-likeness (QED) is 0.420. The van der Waals surface area contributed by atoms with Crippen molar-refractivity contribution in [3.8, 4) is 0 Å². The molecule has 4 aliphatic rings. The first-order chi connectivity index (χ1) is 18.6. The molecule has 0 spiro atoms. The minimum absolute atomic E-state index is 0.0591. The van der Waals surface area contributed by atoms with E-state index in [0.717, 1.165) is 50.8 Å². The Morgan fingerprint density at radius 2 is 1.79 bits per heavy atom. The van der Waals surface area contributed by atoms with Gasteiger partial charge in [0.05, 0.1) is 22.7 Å². The van der Waals surface area contributed by atoms with Gasteiger partial charge in [0.25, 0.3) is 0 Å². The van der Waals surface area contributed by atoms with Gasteiger partial charge >= 0.3 is 6.03 Å². The smallest absolute Gasteiger partial charge is 0.319 e. The molecule has 2 aliphatic carbocycles. The number of fused-ring (bicyclic) bond motifs is 3. The number of allylic oxidation sites excluding steroid dienone is 3. The van der Waals surface area contributed by atoms with Crippen molar-refractivity contribution in [1.82, 2.24) is 10.2 Å². The average molecular weight is 531 g/mol. The fourth-order valence-electron chi connectivity index (χ4n) is 7.00. The molecule has 0 radical (unpaired) electrons. The number of para-hydroxylation sites is 2. The van der Waals surface area contributed by atoms with Gasteiger partial charge < -0.3 is 20.9 Å². The maximum Gasteiger partial charge on any atom is 0.319 e. The average Bonchev–Trinajstić information content (AvgIpc) is 3.40. The molecule has 1 saturated heterocycles. The van der Waals surface area contributed by atoms with Crippen LogP contribution in [-0.4, -0.2) is 35.5 Å². The Kier molecular flexibility index (Phi) is 7.16. The minimum Gasteiger partial charge on any atom is -0.381 e. The molecular weight excluding hydrogens is 496 g/mol. The van der Waals surface area contributed by atoms with E-state index < -0.39 is 0 Å². The Labute approximate surface area is 229 Å². The number of carbonyl (C=O) groups excluding carboxylic acids is 2. The van der Waals surface area contributed by atoms with E-state index in [9.17, 15) is 9.59 Å². The van der Waals surface area contributed by atoms with Crippen molar-refractivity contribution in [3.63, 3.8) is 0 Å². The largest absolute Gasteiger partial charge is 0.381 e. The molecule has 6 rings (SSSR count). The lowest BCUT2D eigenvalue weighted by Crippen LogP contribution is -2.51. The zero-order chi connectivity index (χ0) is 26.1. The van der Waals surface area contributed by atoms with Crippen molar-refractivity contribution in [2.45, 2.75) is 56.7 Å². The van der Waals surface area contributed by atoms with E-state index in [4.69, 9.17) is 11.6 Å². The Morgan fingerprint density at radius 1 is 0.974 bits per heavy atom. The third kappa shape index (κ3) is 4.82. The zero-order valence-electron chi connectivity index (χ0n) is 21.5. The van der Waals surface area contributed by atoms with E-state index in [1.807, 2.05) is 12.1 Å². The van der Waals surface area contributed by atoms with Crippen LogP contribution in [0, 0.1) is 17.8 Å². The first-order valence-electron chi connectivity index (χ1n) is 13.9. The number of nitrogens with one attached hydrogen (secondary N) is 3. The summed E-state index contributed by atoms with van der Waals surface area (Å²) in [5, 5.41) is 10.3. The third-order valence-corrected chi connectivity index (χ3v) is 9.12. The third-order valence-electron chi connectivity index (χ3n) is 8.79. The van der Waals surface area contributed by atoms with Gasteiger partial charge in [0.15, 0.2) is 0 Å². The van der Waals surface area contributed by atoms with Crippen molar-refractivity contribution in [2.24, 2.45) is 17.8 Å². The predicted octanol–water partition coefficient (Wildman–Crippen LogP) is 6.54. The van der Waals surface area contributed by atoms with Gasteiger partial charge in [0.2, 0.25) is 5.91 Å². The highest BCUT2D eigenvalue weighted by molar-refractivity contribution is 6.33. The minimum atomic E-state index is -0.313. The van der Waals surface area contributed by atoms with Crippen LogP contribution >= 0.6 is 11.6 Å². The highest BCUT2D eigenvalue weighted by Gasteiger charge is 2.49. The van der Waals surface area contributed by atoms with E-state index in [-0.39, 0.29) is 36.0 Å². The lowest BCUT2D eigenvalue weighted by Gasteiger charge is -2.44. The molecule has 6 nitrogen and oxygen atoms in total. The Morgan fingerprint density at radius 3 is 2.63 bits per heavy atom. The zero-order valence-corrected chi connectivity index (χ0v) is 22.2. The summed E-state index contributed by atoms with van der Waals surface area (Å²) in [6, 6.07) is 15.5. The number of hydrogen-bond acceptors (Lipinski definition) is 3. The van der Waals surface area contributed by atoms with Crippen LogP contribution in [0.4, 0.5) is 16.2 Å². The van der Waals surface area contributed by atoms with Gasteiger partial charge in [-0.1, -0.05) is 79.1 Å². The van der Waals surface area contributed by atoms with E-state index in [2.05, 4.69) is 69.4 Å². The van der Waals surface area contributed by atoms with Gasteiger partial charge in [-0.2, -0.15) is 0 Å². The van der Waals surface area contributed by atoms with Crippen molar-refractivity contribution in [3.05, 3.63) is 83.4 Å². The van der Waals surface area contributed by atoms with E-state index in [0.29, 0.717) is 22.5 Å². The first kappa shape index (κ1) is 25.1. The monoisotopic (exact) mass is 530 g/mol. The van der Waals surface area contributed by atoms with Crippen LogP contribution in [0.1, 0.15) is 50.1 Å². The number of carbonyl (C=O) groups is 2. The van der Waals surface area contributed by atoms with Gasteiger partial charge in [-0.25, -0.2) is 4.79 Å². The Bertz CT molecular complexity index is 1260. The lowest BCUT2D eigenvalue weighted by atomic mass is 9.75. The topological polar surface area (TPSA) is 73.5 Å². The molecule has 3 N–H and O–H groups in total. The molecule has 0 bridgehead atoms. The van der Waals surface area contributed by atoms with Gasteiger partial charge in [0.1, 0.15) is 0 Å². The number of urea groups is 1. The summed E-state index contributed by atoms with van der Waals surface area (Å²) in [4.78, 5) is 29.3. The second-order valence-electron chi connectivity index (χ2n) is 11.0. The van der Waals surface area contributed by atoms with Crippen molar-refractivity contribution < 1.29 is 9.59 Å². The molecule has 2 aromatic rings. The Hall–Kier alpha value is -3.25. The summed E-state index contributed by atoms with van der Waals surface area (Å²) in [6.07, 6.45) is 14.4. The highest BCUT2D eigenvalue weighted by atomic mass is 35.5. The van der Waals surface area contributed by atoms with Gasteiger partial charge in [-0.05, 0) is 49.4 Å². The summed E-state index contributed by atoms with van der Waals surface area (Å²) in [5.41, 5.74) is 2.92. The SMILES string of the molecule is O=C(Nc1ccccc1Cl)N[C@@H]1CCCC[C@@H]1C(=O)N1CC[C@@H]2[C@H](C3C=CC=CC3)Nc3ccccc3[C@@H]21. The molecule has 2 fully saturated rings. The number of halogens is 1. The number of nitrogens with zero attached hydrogens (tertiary/aromatic N) is 1. The first-order valence-corrected chi connectivity index (χ1v) is 14.3. The molecule has 198 valence electrons. The van der Waals surface area contributed by atoms with E-state index >= 15 is 0 Å². The van der Waals surface area contributed by atoms with Gasteiger partial charge in [-0.15, -0.1) is 0 Å². The molecule has 1 unspecified atom stereocenters. The van der Waals surface area contributed by atoms with E-state index in [1.165, 1.54) is 5.56 Å². The summed E-state index contributed by atoms with van der Waals surface area (Å²) < 4.78 is 0. The van der Waals surface area contributed by atoms with Gasteiger partial charge in [0, 0.05) is 36.2 Å². The fourth-order valence-corrected chi connectivity index (χ4v) is 7.19. The van der Waals surface area contributed by atoms with Crippen LogP contribution in [0.15, 0.2) is 72.8 Å². The molecule has 1 saturated carbocycles. The number of amides is 3. The van der Waals surface area contributed by atoms with Crippen LogP contribution in [0.25, 0.3) is 0 Å². The second-order valence-corrected chi connectivity index (χ2v) is 11.4. The Balaban J connectivity index is 1.22. The van der Waals surface area contributed by atoms with Crippen LogP contribution in [0.3, 0.4) is 0 Å².